The zero-order valence-corrected chi connectivity index (χ0v) is 19.2. The number of carbonyl (C=O) groups excluding carboxylic acids is 1. The molecule has 1 saturated heterocycles. The normalized spacial score (nSPS) is 13.7. The van der Waals surface area contributed by atoms with Gasteiger partial charge in [-0.1, -0.05) is 23.3 Å². The van der Waals surface area contributed by atoms with Crippen molar-refractivity contribution in [2.45, 2.75) is 13.8 Å². The second kappa shape index (κ2) is 10.1. The Morgan fingerprint density at radius 2 is 1.72 bits per heavy atom. The van der Waals surface area contributed by atoms with Gasteiger partial charge in [-0.3, -0.25) is 4.79 Å². The average molecular weight is 450 g/mol. The number of allylic oxidation sites excluding steroid dienone is 1. The van der Waals surface area contributed by atoms with Crippen LogP contribution in [0.4, 0.5) is 11.4 Å². The molecule has 1 N–H and O–H groups in total. The number of hydrogen-bond donors (Lipinski definition) is 1. The van der Waals surface area contributed by atoms with E-state index in [4.69, 9.17) is 16.0 Å². The lowest BCUT2D eigenvalue weighted by atomic mass is 10.2. The van der Waals surface area contributed by atoms with Gasteiger partial charge >= 0.3 is 0 Å². The number of halogens is 1. The second-order valence-electron chi connectivity index (χ2n) is 8.12. The van der Waals surface area contributed by atoms with Crippen LogP contribution in [0.3, 0.4) is 0 Å². The second-order valence-corrected chi connectivity index (χ2v) is 8.56. The Labute approximate surface area is 194 Å². The van der Waals surface area contributed by atoms with E-state index in [1.54, 1.807) is 11.0 Å². The molecule has 0 bridgehead atoms. The van der Waals surface area contributed by atoms with Gasteiger partial charge in [-0.2, -0.15) is 0 Å². The maximum absolute atomic E-state index is 13.4. The Hall–Kier alpha value is -3.02. The number of anilines is 2. The maximum Gasteiger partial charge on any atom is 0.294 e. The first-order chi connectivity index (χ1) is 15.5. The van der Waals surface area contributed by atoms with Crippen molar-refractivity contribution in [3.63, 3.8) is 0 Å². The number of piperazine rings is 1. The third-order valence-corrected chi connectivity index (χ3v) is 5.77. The fraction of sp³-hybridized carbons (Fsp3) is 0.269. The summed E-state index contributed by atoms with van der Waals surface area (Å²) in [6.07, 6.45) is 2.05. The van der Waals surface area contributed by atoms with Crippen LogP contribution in [0.5, 0.6) is 0 Å². The summed E-state index contributed by atoms with van der Waals surface area (Å²) in [5.41, 5.74) is 4.05. The minimum atomic E-state index is -0.169. The molecule has 4 rings (SSSR count). The summed E-state index contributed by atoms with van der Waals surface area (Å²) in [5, 5.41) is 4.03. The fourth-order valence-corrected chi connectivity index (χ4v) is 3.83. The van der Waals surface area contributed by atoms with E-state index >= 15 is 0 Å². The molecule has 6 heteroatoms. The van der Waals surface area contributed by atoms with Crippen LogP contribution in [0.2, 0.25) is 5.02 Å². The minimum Gasteiger partial charge on any atom is -0.451 e. The highest BCUT2D eigenvalue weighted by molar-refractivity contribution is 6.30. The molecule has 1 aromatic heterocycles. The molecule has 0 unspecified atom stereocenters. The van der Waals surface area contributed by atoms with E-state index in [0.717, 1.165) is 43.0 Å². The van der Waals surface area contributed by atoms with Crippen LogP contribution in [0.25, 0.3) is 11.3 Å². The van der Waals surface area contributed by atoms with E-state index in [1.165, 1.54) is 5.69 Å². The number of amides is 1. The summed E-state index contributed by atoms with van der Waals surface area (Å²) >= 11 is 5.98. The van der Waals surface area contributed by atoms with Crippen LogP contribution in [-0.2, 0) is 0 Å². The highest BCUT2D eigenvalue weighted by Gasteiger charge is 2.21. The number of benzene rings is 2. The van der Waals surface area contributed by atoms with E-state index in [9.17, 15) is 4.79 Å². The molecular weight excluding hydrogens is 422 g/mol. The Morgan fingerprint density at radius 1 is 1.03 bits per heavy atom. The van der Waals surface area contributed by atoms with Crippen molar-refractivity contribution in [3.8, 4) is 11.3 Å². The molecular formula is C26H28ClN3O2. The zero-order valence-electron chi connectivity index (χ0n) is 18.5. The minimum absolute atomic E-state index is 0.169. The summed E-state index contributed by atoms with van der Waals surface area (Å²) in [6, 6.07) is 19.1. The number of nitrogens with one attached hydrogen (secondary N) is 1. The van der Waals surface area contributed by atoms with Crippen LogP contribution < -0.4 is 15.1 Å². The van der Waals surface area contributed by atoms with Crippen molar-refractivity contribution in [2.75, 3.05) is 42.5 Å². The van der Waals surface area contributed by atoms with Crippen molar-refractivity contribution in [1.82, 2.24) is 5.32 Å². The highest BCUT2D eigenvalue weighted by Crippen LogP contribution is 2.27. The van der Waals surface area contributed by atoms with E-state index in [-0.39, 0.29) is 5.91 Å². The molecule has 1 aliphatic heterocycles. The molecule has 0 spiro atoms. The van der Waals surface area contributed by atoms with Crippen molar-refractivity contribution in [1.29, 1.82) is 0 Å². The monoisotopic (exact) mass is 449 g/mol. The Kier molecular flexibility index (Phi) is 6.98. The lowest BCUT2D eigenvalue weighted by Crippen LogP contribution is -2.43. The van der Waals surface area contributed by atoms with Gasteiger partial charge in [-0.25, -0.2) is 0 Å². The first kappa shape index (κ1) is 22.2. The zero-order chi connectivity index (χ0) is 22.5. The largest absolute Gasteiger partial charge is 0.451 e. The van der Waals surface area contributed by atoms with Crippen LogP contribution in [0, 0.1) is 0 Å². The van der Waals surface area contributed by atoms with Gasteiger partial charge in [0.05, 0.1) is 0 Å². The van der Waals surface area contributed by atoms with Gasteiger partial charge in [0, 0.05) is 54.7 Å². The lowest BCUT2D eigenvalue weighted by molar-refractivity contribution is 0.0964. The van der Waals surface area contributed by atoms with Gasteiger partial charge in [0.15, 0.2) is 5.76 Å². The Balaban J connectivity index is 1.58. The first-order valence-corrected chi connectivity index (χ1v) is 11.3. The number of carbonyl (C=O) groups is 1. The molecule has 0 radical (unpaired) electrons. The predicted molar refractivity (Wildman–Crippen MR) is 132 cm³/mol. The molecule has 2 aromatic carbocycles. The molecule has 0 saturated carbocycles. The van der Waals surface area contributed by atoms with Gasteiger partial charge < -0.3 is 19.5 Å². The van der Waals surface area contributed by atoms with Gasteiger partial charge in [0.1, 0.15) is 5.76 Å². The summed E-state index contributed by atoms with van der Waals surface area (Å²) in [6.45, 7) is 8.48. The summed E-state index contributed by atoms with van der Waals surface area (Å²) in [4.78, 5) is 17.5. The van der Waals surface area contributed by atoms with Crippen LogP contribution in [0.1, 0.15) is 24.4 Å². The van der Waals surface area contributed by atoms with E-state index < -0.39 is 0 Å². The molecule has 32 heavy (non-hydrogen) atoms. The SMILES string of the molecule is CC(C)=CCN(C(=O)c1ccc(-c2ccc(Cl)cc2)o1)c1ccc(N2CCNCC2)cc1. The molecule has 3 aromatic rings. The molecule has 2 heterocycles. The van der Waals surface area contributed by atoms with E-state index in [0.29, 0.717) is 23.1 Å². The summed E-state index contributed by atoms with van der Waals surface area (Å²) in [7, 11) is 0. The average Bonchev–Trinajstić information content (AvgIpc) is 3.31. The molecule has 1 fully saturated rings. The van der Waals surface area contributed by atoms with Crippen molar-refractivity contribution in [2.24, 2.45) is 0 Å². The number of rotatable bonds is 6. The molecule has 1 aliphatic rings. The van der Waals surface area contributed by atoms with Crippen molar-refractivity contribution in [3.05, 3.63) is 83.1 Å². The van der Waals surface area contributed by atoms with Crippen LogP contribution in [0.15, 0.2) is 76.7 Å². The van der Waals surface area contributed by atoms with Crippen LogP contribution in [-0.4, -0.2) is 38.6 Å². The number of nitrogens with zero attached hydrogens (tertiary/aromatic N) is 2. The molecule has 0 aliphatic carbocycles. The summed E-state index contributed by atoms with van der Waals surface area (Å²) < 4.78 is 5.93. The van der Waals surface area contributed by atoms with Gasteiger partial charge in [0.2, 0.25) is 0 Å². The third kappa shape index (κ3) is 5.23. The van der Waals surface area contributed by atoms with Crippen molar-refractivity contribution < 1.29 is 9.21 Å². The van der Waals surface area contributed by atoms with Gasteiger partial charge in [-0.05, 0) is 74.5 Å². The topological polar surface area (TPSA) is 48.7 Å². The van der Waals surface area contributed by atoms with E-state index in [2.05, 4.69) is 22.3 Å². The summed E-state index contributed by atoms with van der Waals surface area (Å²) in [5.74, 6) is 0.780. The van der Waals surface area contributed by atoms with Crippen molar-refractivity contribution >= 4 is 28.9 Å². The van der Waals surface area contributed by atoms with Gasteiger partial charge in [0.25, 0.3) is 5.91 Å². The Bertz CT molecular complexity index is 1080. The molecule has 0 atom stereocenters. The van der Waals surface area contributed by atoms with E-state index in [1.807, 2.05) is 62.4 Å². The predicted octanol–water partition coefficient (Wildman–Crippen LogP) is 5.62. The number of hydrogen-bond acceptors (Lipinski definition) is 4. The maximum atomic E-state index is 13.4. The Morgan fingerprint density at radius 3 is 2.38 bits per heavy atom. The standard InChI is InChI=1S/C26H28ClN3O2/c1-19(2)13-16-30(23-9-7-22(8-10-23)29-17-14-28-15-18-29)26(31)25-12-11-24(32-25)20-3-5-21(27)6-4-20/h3-13,28H,14-18H2,1-2H3. The molecule has 166 valence electrons. The molecule has 5 nitrogen and oxygen atoms in total. The van der Waals surface area contributed by atoms with Crippen LogP contribution >= 0.6 is 11.6 Å². The quantitative estimate of drug-likeness (QED) is 0.496. The lowest BCUT2D eigenvalue weighted by Gasteiger charge is -2.30. The highest BCUT2D eigenvalue weighted by atomic mass is 35.5. The smallest absolute Gasteiger partial charge is 0.294 e. The third-order valence-electron chi connectivity index (χ3n) is 5.52. The fourth-order valence-electron chi connectivity index (χ4n) is 3.70. The van der Waals surface area contributed by atoms with Gasteiger partial charge in [-0.15, -0.1) is 0 Å². The first-order valence-electron chi connectivity index (χ1n) is 10.9. The molecule has 1 amide bonds. The number of furan rings is 1.